The van der Waals surface area contributed by atoms with E-state index < -0.39 is 61.5 Å². The van der Waals surface area contributed by atoms with E-state index in [1.807, 2.05) is 64.1 Å². The van der Waals surface area contributed by atoms with Crippen LogP contribution in [0.1, 0.15) is 178 Å². The smallest absolute Gasteiger partial charge is 0.200 e. The van der Waals surface area contributed by atoms with Crippen molar-refractivity contribution in [2.45, 2.75) is 160 Å². The number of fused-ring (bicyclic) bond motifs is 6. The zero-order valence-electron chi connectivity index (χ0n) is 65.0. The molecule has 4 saturated carbocycles. The topological polar surface area (TPSA) is 289 Å². The molecule has 0 radical (unpaired) electrons. The number of hydrogen-bond donors (Lipinski definition) is 0. The summed E-state index contributed by atoms with van der Waals surface area (Å²) in [4.78, 5) is 64.6. The van der Waals surface area contributed by atoms with Crippen molar-refractivity contribution in [2.24, 2.45) is 16.2 Å². The number of carbonyl (C=O) groups is 3. The monoisotopic (exact) mass is 1640 g/mol. The number of rotatable bonds is 17. The molecule has 9 aromatic heterocycles. The zero-order valence-corrected chi connectivity index (χ0v) is 67.4. The highest BCUT2D eigenvalue weighted by Gasteiger charge is 2.56. The van der Waals surface area contributed by atoms with Crippen molar-refractivity contribution >= 4 is 65.1 Å². The maximum Gasteiger partial charge on any atom is 0.200 e. The highest BCUT2D eigenvalue weighted by molar-refractivity contribution is 7.92. The van der Waals surface area contributed by atoms with Crippen LogP contribution in [0.15, 0.2) is 239 Å². The van der Waals surface area contributed by atoms with E-state index in [-0.39, 0.29) is 75.2 Å². The lowest BCUT2D eigenvalue weighted by molar-refractivity contribution is 0.0790. The summed E-state index contributed by atoms with van der Waals surface area (Å²) in [5.74, 6) is -1.03. The van der Waals surface area contributed by atoms with Crippen LogP contribution in [0.4, 0.5) is 13.2 Å². The molecule has 0 saturated heterocycles. The Morgan fingerprint density at radius 1 is 0.415 bits per heavy atom. The van der Waals surface area contributed by atoms with Crippen LogP contribution in [0.5, 0.6) is 0 Å². The van der Waals surface area contributed by atoms with Gasteiger partial charge < -0.3 is 0 Å². The number of allylic oxidation sites excluding steroid dienone is 3. The van der Waals surface area contributed by atoms with Gasteiger partial charge in [-0.1, -0.05) is 41.0 Å². The summed E-state index contributed by atoms with van der Waals surface area (Å²) >= 11 is 0. The lowest BCUT2D eigenvalue weighted by Crippen LogP contribution is -2.46. The maximum atomic E-state index is 14.4. The molecule has 0 amide bonds. The number of halogens is 3. The van der Waals surface area contributed by atoms with Gasteiger partial charge in [0, 0.05) is 43.2 Å². The summed E-state index contributed by atoms with van der Waals surface area (Å²) in [6, 6.07) is 40.4. The minimum absolute atomic E-state index is 0.0223. The Hall–Kier alpha value is -11.9. The van der Waals surface area contributed by atoms with E-state index in [0.29, 0.717) is 97.8 Å². The third-order valence-electron chi connectivity index (χ3n) is 24.3. The first-order valence-electron chi connectivity index (χ1n) is 39.4. The highest BCUT2D eigenvalue weighted by Crippen LogP contribution is 2.56. The van der Waals surface area contributed by atoms with E-state index in [1.54, 1.807) is 147 Å². The molecule has 7 aliphatic rings. The van der Waals surface area contributed by atoms with Gasteiger partial charge in [0.15, 0.2) is 61.9 Å². The van der Waals surface area contributed by atoms with E-state index in [4.69, 9.17) is 0 Å². The van der Waals surface area contributed by atoms with Crippen LogP contribution in [0.3, 0.4) is 0 Å². The van der Waals surface area contributed by atoms with E-state index >= 15 is 0 Å². The number of benzene rings is 3. The first-order valence-corrected chi connectivity index (χ1v) is 44.0. The van der Waals surface area contributed by atoms with Crippen molar-refractivity contribution in [3.8, 4) is 17.1 Å². The molecule has 4 fully saturated rings. The van der Waals surface area contributed by atoms with Gasteiger partial charge in [-0.25, -0.2) is 62.4 Å². The van der Waals surface area contributed by atoms with Crippen LogP contribution in [0.25, 0.3) is 35.3 Å². The molecule has 9 heterocycles. The fourth-order valence-electron chi connectivity index (χ4n) is 17.9. The highest BCUT2D eigenvalue weighted by atomic mass is 32.2. The van der Waals surface area contributed by atoms with Crippen molar-refractivity contribution in [1.29, 1.82) is 0 Å². The summed E-state index contributed by atoms with van der Waals surface area (Å²) in [7, 11) is -11.3. The largest absolute Gasteiger partial charge is 0.291 e. The van der Waals surface area contributed by atoms with Crippen LogP contribution < -0.4 is 0 Å². The Morgan fingerprint density at radius 3 is 1.18 bits per heavy atom. The Kier molecular flexibility index (Phi) is 20.6. The standard InChI is InChI=1S/C31H27FN4O3S.C30H30FN5O3S.C29H25FN4O3S/c32-24-8-10-25(11-9-24)36-28-15-23-7-12-26(40(38,39)29-3-1-2-14-33-29)17-31(23,16-22(28)19-35-36)30(37)27-13-6-21(18-34-27)20-4-5-20;1-19(2)35-13-11-28(34-35)40(38,39)25-9-4-22-15-27-21(18-33-36(27)24-7-5-23(31)6-8-24)16-30(22,17-25)29(37)26-14-20(3)10-12-32-26;1-19-5-12-25(32-17-19)28(35)29-15-20-18-33-34(23-9-7-22(30)8-10-23)26(20)14-21(29)6-11-24(16-29)38(36,37)27-4-2-3-13-31-27/h1-3,6,8-11,13-15,18-20,26H,4-5,7,12,16-17H2;5-8,10-15,18-19,25H,4,9,16-17H2,1-3H3;2-5,7-10,12-14,17-18,24H,6,11,15-16H2,1H3/t26-,31-;25-,30-;24-,29-/m000/s1. The van der Waals surface area contributed by atoms with Gasteiger partial charge in [0.2, 0.25) is 0 Å². The Balaban J connectivity index is 0.000000127. The Bertz CT molecular complexity index is 6390. The van der Waals surface area contributed by atoms with E-state index in [0.717, 1.165) is 80.0 Å². The molecular weight excluding hydrogens is 1560 g/mol. The summed E-state index contributed by atoms with van der Waals surface area (Å²) in [6.45, 7) is 7.68. The molecule has 600 valence electrons. The van der Waals surface area contributed by atoms with Gasteiger partial charge >= 0.3 is 0 Å². The molecule has 0 aliphatic heterocycles. The Labute approximate surface area is 680 Å². The predicted molar refractivity (Wildman–Crippen MR) is 436 cm³/mol. The molecule has 6 atom stereocenters. The van der Waals surface area contributed by atoms with Gasteiger partial charge in [0.05, 0.1) is 84.7 Å². The molecule has 12 aromatic rings. The zero-order chi connectivity index (χ0) is 82.2. The van der Waals surface area contributed by atoms with Crippen molar-refractivity contribution in [1.82, 2.24) is 64.0 Å². The number of Topliss-reactive ketones (excluding diaryl/α,β-unsaturated/α-hetero) is 3. The van der Waals surface area contributed by atoms with Crippen LogP contribution >= 0.6 is 0 Å². The quantitative estimate of drug-likeness (QED) is 0.0765. The predicted octanol–water partition coefficient (Wildman–Crippen LogP) is 15.8. The van der Waals surface area contributed by atoms with Crippen LogP contribution in [0.2, 0.25) is 0 Å². The molecule has 118 heavy (non-hydrogen) atoms. The third-order valence-corrected chi connectivity index (χ3v) is 30.6. The van der Waals surface area contributed by atoms with E-state index in [2.05, 4.69) is 45.3 Å². The van der Waals surface area contributed by atoms with Gasteiger partial charge in [-0.3, -0.25) is 34.0 Å². The molecular formula is C90H82F3N13O9S3. The van der Waals surface area contributed by atoms with Crippen molar-refractivity contribution in [3.05, 3.63) is 309 Å². The number of ketones is 3. The second-order valence-electron chi connectivity index (χ2n) is 32.1. The van der Waals surface area contributed by atoms with Gasteiger partial charge in [-0.15, -0.1) is 0 Å². The molecule has 0 unspecified atom stereocenters. The molecule has 0 N–H and O–H groups in total. The SMILES string of the molecule is Cc1ccc(C(=O)[C@]23Cc4cnn(-c5ccc(F)cc5)c4C=C2CC[C@H](S(=O)(=O)c2ccccn2)C3)nc1.Cc1ccnc(C(=O)[C@]23Cc4cnn(-c5ccc(F)cc5)c4C=C2CC[C@H](S(=O)(=O)c2ccn(C(C)C)n2)C3)c1.O=C(c1ccc(C2CC2)cn1)[C@]12Cc3cnn(-c4ccc(F)cc4)c3C=C1CC[C@H](S(=O)(=O)c1ccccn1)C2. The lowest BCUT2D eigenvalue weighted by Gasteiger charge is -2.43. The summed E-state index contributed by atoms with van der Waals surface area (Å²) in [6.07, 6.45) is 26.8. The molecule has 7 aliphatic carbocycles. The fraction of sp³-hybridized carbons (Fsp3) is 0.289. The fourth-order valence-corrected chi connectivity index (χ4v) is 23.1. The van der Waals surface area contributed by atoms with Gasteiger partial charge in [0.25, 0.3) is 0 Å². The van der Waals surface area contributed by atoms with Gasteiger partial charge in [-0.05, 0) is 303 Å². The molecule has 3 aromatic carbocycles. The van der Waals surface area contributed by atoms with Crippen molar-refractivity contribution < 1.29 is 52.8 Å². The first-order chi connectivity index (χ1) is 56.7. The number of aromatic nitrogens is 13. The van der Waals surface area contributed by atoms with Gasteiger partial charge in [-0.2, -0.15) is 20.4 Å². The third kappa shape index (κ3) is 14.5. The van der Waals surface area contributed by atoms with E-state index in [1.165, 1.54) is 60.9 Å². The normalized spacial score (nSPS) is 21.2. The first kappa shape index (κ1) is 78.6. The summed E-state index contributed by atoms with van der Waals surface area (Å²) in [5, 5.41) is 15.8. The van der Waals surface area contributed by atoms with Crippen molar-refractivity contribution in [2.75, 3.05) is 0 Å². The number of pyridine rings is 5. The van der Waals surface area contributed by atoms with E-state index in [9.17, 15) is 52.8 Å². The Morgan fingerprint density at radius 2 is 0.822 bits per heavy atom. The second kappa shape index (κ2) is 30.9. The molecule has 22 nitrogen and oxygen atoms in total. The minimum Gasteiger partial charge on any atom is -0.291 e. The number of carbonyl (C=O) groups excluding carboxylic acids is 3. The number of sulfone groups is 3. The van der Waals surface area contributed by atoms with Gasteiger partial charge in [0.1, 0.15) is 34.5 Å². The maximum absolute atomic E-state index is 14.4. The summed E-state index contributed by atoms with van der Waals surface area (Å²) < 4.78 is 130. The number of nitrogens with zero attached hydrogens (tertiary/aromatic N) is 13. The van der Waals surface area contributed by atoms with Crippen LogP contribution in [-0.2, 0) is 48.8 Å². The number of hydrogen-bond acceptors (Lipinski definition) is 18. The summed E-state index contributed by atoms with van der Waals surface area (Å²) in [5.41, 5.74) is 10.4. The average molecular weight is 1640 g/mol. The lowest BCUT2D eigenvalue weighted by atomic mass is 9.61. The molecule has 28 heteroatoms. The molecule has 19 rings (SSSR count). The second-order valence-corrected chi connectivity index (χ2v) is 38.6. The number of aryl methyl sites for hydroxylation is 2. The minimum atomic E-state index is -3.79. The molecule has 0 bridgehead atoms. The molecule has 0 spiro atoms. The van der Waals surface area contributed by atoms with Crippen LogP contribution in [-0.4, -0.2) is 122 Å². The average Bonchev–Trinajstić information content (AvgIpc) is 1.21. The van der Waals surface area contributed by atoms with Crippen molar-refractivity contribution in [3.63, 3.8) is 0 Å². The van der Waals surface area contributed by atoms with Crippen LogP contribution in [0, 0.1) is 47.5 Å².